The van der Waals surface area contributed by atoms with Crippen molar-refractivity contribution in [1.29, 1.82) is 0 Å². The first-order valence-corrected chi connectivity index (χ1v) is 7.83. The summed E-state index contributed by atoms with van der Waals surface area (Å²) in [4.78, 5) is 0. The second-order valence-electron chi connectivity index (χ2n) is 5.71. The Balaban J connectivity index is 1.49. The van der Waals surface area contributed by atoms with Gasteiger partial charge in [0.2, 0.25) is 6.23 Å². The molecule has 0 saturated carbocycles. The number of hydrogen-bond acceptors (Lipinski definition) is 4. The van der Waals surface area contributed by atoms with Crippen LogP contribution in [0.25, 0.3) is 6.08 Å². The Labute approximate surface area is 147 Å². The fraction of sp³-hybridized carbons (Fsp3) is 0.105. The van der Waals surface area contributed by atoms with E-state index in [1.807, 2.05) is 12.1 Å². The van der Waals surface area contributed by atoms with Crippen molar-refractivity contribution in [3.8, 4) is 11.5 Å². The SMILES string of the molecule is FC(F)(F)c1ccc(/C=C/C2=NNC3Oc4ccccc4OC3=C2)cc1. The monoisotopic (exact) mass is 358 g/mol. The van der Waals surface area contributed by atoms with Gasteiger partial charge in [0.1, 0.15) is 0 Å². The Morgan fingerprint density at radius 2 is 1.69 bits per heavy atom. The summed E-state index contributed by atoms with van der Waals surface area (Å²) >= 11 is 0. The Morgan fingerprint density at radius 3 is 2.42 bits per heavy atom. The van der Waals surface area contributed by atoms with Gasteiger partial charge in [-0.15, -0.1) is 0 Å². The second kappa shape index (κ2) is 6.25. The lowest BCUT2D eigenvalue weighted by atomic mass is 10.1. The molecule has 0 radical (unpaired) electrons. The van der Waals surface area contributed by atoms with Gasteiger partial charge in [-0.05, 0) is 35.9 Å². The first-order chi connectivity index (χ1) is 12.5. The third kappa shape index (κ3) is 3.28. The number of allylic oxidation sites excluding steroid dienone is 2. The molecule has 1 atom stereocenters. The van der Waals surface area contributed by atoms with Crippen molar-refractivity contribution in [2.45, 2.75) is 12.4 Å². The Hall–Kier alpha value is -3.22. The molecule has 0 spiro atoms. The second-order valence-corrected chi connectivity index (χ2v) is 5.71. The summed E-state index contributed by atoms with van der Waals surface area (Å²) in [6, 6.07) is 12.2. The van der Waals surface area contributed by atoms with Crippen molar-refractivity contribution in [1.82, 2.24) is 5.43 Å². The Bertz CT molecular complexity index is 915. The van der Waals surface area contributed by atoms with E-state index >= 15 is 0 Å². The lowest BCUT2D eigenvalue weighted by molar-refractivity contribution is -0.137. The molecule has 2 aromatic rings. The van der Waals surface area contributed by atoms with E-state index in [0.717, 1.165) is 12.1 Å². The zero-order valence-corrected chi connectivity index (χ0v) is 13.3. The van der Waals surface area contributed by atoms with Crippen LogP contribution in [0.1, 0.15) is 11.1 Å². The molecule has 0 amide bonds. The average molecular weight is 358 g/mol. The molecule has 0 aromatic heterocycles. The molecule has 26 heavy (non-hydrogen) atoms. The van der Waals surface area contributed by atoms with Crippen molar-refractivity contribution in [2.24, 2.45) is 5.10 Å². The number of nitrogens with one attached hydrogen (secondary N) is 1. The maximum Gasteiger partial charge on any atom is 0.416 e. The largest absolute Gasteiger partial charge is 0.458 e. The van der Waals surface area contributed by atoms with Gasteiger partial charge in [0.15, 0.2) is 17.3 Å². The molecular formula is C19H13F3N2O2. The van der Waals surface area contributed by atoms with Crippen LogP contribution in [-0.2, 0) is 6.18 Å². The van der Waals surface area contributed by atoms with Crippen LogP contribution in [0.4, 0.5) is 13.2 Å². The molecule has 0 aliphatic carbocycles. The summed E-state index contributed by atoms with van der Waals surface area (Å²) in [5.74, 6) is 1.80. The fourth-order valence-corrected chi connectivity index (χ4v) is 2.55. The van der Waals surface area contributed by atoms with Crippen molar-refractivity contribution >= 4 is 11.8 Å². The average Bonchev–Trinajstić information content (AvgIpc) is 2.64. The highest BCUT2D eigenvalue weighted by atomic mass is 19.4. The van der Waals surface area contributed by atoms with Crippen LogP contribution in [-0.4, -0.2) is 11.9 Å². The number of halogens is 3. The first kappa shape index (κ1) is 16.3. The van der Waals surface area contributed by atoms with Crippen LogP contribution in [0.3, 0.4) is 0 Å². The fourth-order valence-electron chi connectivity index (χ4n) is 2.55. The zero-order chi connectivity index (χ0) is 18.1. The van der Waals surface area contributed by atoms with Crippen LogP contribution in [0.15, 0.2) is 71.5 Å². The summed E-state index contributed by atoms with van der Waals surface area (Å²) in [6.07, 6.45) is 0.233. The highest BCUT2D eigenvalue weighted by Crippen LogP contribution is 2.35. The minimum atomic E-state index is -4.34. The number of hydrogen-bond donors (Lipinski definition) is 1. The number of rotatable bonds is 2. The van der Waals surface area contributed by atoms with Crippen molar-refractivity contribution in [3.05, 3.63) is 77.6 Å². The molecule has 1 N–H and O–H groups in total. The van der Waals surface area contributed by atoms with Crippen molar-refractivity contribution < 1.29 is 22.6 Å². The molecule has 0 fully saturated rings. The topological polar surface area (TPSA) is 42.9 Å². The van der Waals surface area contributed by atoms with Crippen LogP contribution < -0.4 is 14.9 Å². The maximum absolute atomic E-state index is 12.6. The summed E-state index contributed by atoms with van der Waals surface area (Å²) in [7, 11) is 0. The lowest BCUT2D eigenvalue weighted by Gasteiger charge is -2.30. The van der Waals surface area contributed by atoms with Gasteiger partial charge in [-0.25, -0.2) is 0 Å². The van der Waals surface area contributed by atoms with Gasteiger partial charge in [0, 0.05) is 6.08 Å². The number of fused-ring (bicyclic) bond motifs is 2. The first-order valence-electron chi connectivity index (χ1n) is 7.83. The highest BCUT2D eigenvalue weighted by molar-refractivity contribution is 6.07. The van der Waals surface area contributed by atoms with E-state index in [2.05, 4.69) is 10.5 Å². The van der Waals surface area contributed by atoms with E-state index in [1.54, 1.807) is 30.4 Å². The Kier molecular flexibility index (Phi) is 3.91. The lowest BCUT2D eigenvalue weighted by Crippen LogP contribution is -2.40. The van der Waals surface area contributed by atoms with Gasteiger partial charge >= 0.3 is 6.18 Å². The summed E-state index contributed by atoms with van der Waals surface area (Å²) in [5.41, 5.74) is 3.37. The third-order valence-corrected chi connectivity index (χ3v) is 3.87. The number of benzene rings is 2. The predicted molar refractivity (Wildman–Crippen MR) is 90.6 cm³/mol. The molecule has 0 bridgehead atoms. The molecular weight excluding hydrogens is 345 g/mol. The molecule has 4 nitrogen and oxygen atoms in total. The van der Waals surface area contributed by atoms with Crippen LogP contribution >= 0.6 is 0 Å². The summed E-state index contributed by atoms with van der Waals surface area (Å²) in [5, 5.41) is 4.18. The summed E-state index contributed by atoms with van der Waals surface area (Å²) < 4.78 is 49.3. The van der Waals surface area contributed by atoms with E-state index in [-0.39, 0.29) is 0 Å². The molecule has 132 valence electrons. The predicted octanol–water partition coefficient (Wildman–Crippen LogP) is 4.36. The van der Waals surface area contributed by atoms with E-state index < -0.39 is 18.0 Å². The molecule has 2 heterocycles. The molecule has 2 aromatic carbocycles. The minimum absolute atomic E-state index is 0.506. The number of nitrogens with zero attached hydrogens (tertiary/aromatic N) is 1. The minimum Gasteiger partial charge on any atom is -0.458 e. The van der Waals surface area contributed by atoms with E-state index in [0.29, 0.717) is 28.5 Å². The molecule has 7 heteroatoms. The van der Waals surface area contributed by atoms with Gasteiger partial charge in [-0.2, -0.15) is 18.3 Å². The Morgan fingerprint density at radius 1 is 0.962 bits per heavy atom. The molecule has 4 rings (SSSR count). The van der Waals surface area contributed by atoms with Crippen LogP contribution in [0, 0.1) is 0 Å². The standard InChI is InChI=1S/C19H13F3N2O2/c20-19(21,22)13-8-5-12(6-9-13)7-10-14-11-17-18(24-23-14)26-16-4-2-1-3-15(16)25-17/h1-11,18,24H/b10-7+. The normalized spacial score (nSPS) is 18.7. The zero-order valence-electron chi connectivity index (χ0n) is 13.3. The van der Waals surface area contributed by atoms with Gasteiger partial charge in [0.05, 0.1) is 11.3 Å². The maximum atomic E-state index is 12.6. The van der Waals surface area contributed by atoms with Crippen LogP contribution in [0.5, 0.6) is 11.5 Å². The van der Waals surface area contributed by atoms with Crippen LogP contribution in [0.2, 0.25) is 0 Å². The van der Waals surface area contributed by atoms with Crippen molar-refractivity contribution in [2.75, 3.05) is 0 Å². The van der Waals surface area contributed by atoms with Gasteiger partial charge in [-0.1, -0.05) is 30.3 Å². The highest BCUT2D eigenvalue weighted by Gasteiger charge is 2.30. The summed E-state index contributed by atoms with van der Waals surface area (Å²) in [6.45, 7) is 0. The van der Waals surface area contributed by atoms with E-state index in [4.69, 9.17) is 9.47 Å². The number of ether oxygens (including phenoxy) is 2. The van der Waals surface area contributed by atoms with Gasteiger partial charge in [0.25, 0.3) is 0 Å². The third-order valence-electron chi connectivity index (χ3n) is 3.87. The molecule has 0 saturated heterocycles. The van der Waals surface area contributed by atoms with Gasteiger partial charge in [-0.3, -0.25) is 5.43 Å². The molecule has 1 unspecified atom stereocenters. The number of alkyl halides is 3. The quantitative estimate of drug-likeness (QED) is 0.867. The van der Waals surface area contributed by atoms with Gasteiger partial charge < -0.3 is 9.47 Å². The molecule has 2 aliphatic rings. The van der Waals surface area contributed by atoms with E-state index in [9.17, 15) is 13.2 Å². The van der Waals surface area contributed by atoms with Crippen molar-refractivity contribution in [3.63, 3.8) is 0 Å². The number of para-hydroxylation sites is 2. The van der Waals surface area contributed by atoms with E-state index in [1.165, 1.54) is 12.1 Å². The number of hydrazone groups is 1. The smallest absolute Gasteiger partial charge is 0.416 e. The molecule has 2 aliphatic heterocycles.